The number of carboxylic acids is 1. The van der Waals surface area contributed by atoms with Gasteiger partial charge >= 0.3 is 5.97 Å². The van der Waals surface area contributed by atoms with E-state index in [2.05, 4.69) is 4.90 Å². The minimum absolute atomic E-state index is 0.0614. The lowest BCUT2D eigenvalue weighted by Gasteiger charge is -2.37. The molecule has 0 bridgehead atoms. The monoisotopic (exact) mass is 245 g/mol. The molecule has 0 spiro atoms. The van der Waals surface area contributed by atoms with Crippen LogP contribution in [0.25, 0.3) is 0 Å². The third-order valence-corrected chi connectivity index (χ3v) is 3.61. The van der Waals surface area contributed by atoms with E-state index in [1.54, 1.807) is 6.92 Å². The number of aliphatic carboxylic acids is 1. The van der Waals surface area contributed by atoms with Crippen molar-refractivity contribution in [2.45, 2.75) is 38.8 Å². The van der Waals surface area contributed by atoms with Gasteiger partial charge in [-0.05, 0) is 19.8 Å². The zero-order valence-electron chi connectivity index (χ0n) is 10.6. The minimum Gasteiger partial charge on any atom is -0.481 e. The fourth-order valence-electron chi connectivity index (χ4n) is 2.19. The third kappa shape index (κ3) is 4.26. The van der Waals surface area contributed by atoms with Crippen LogP contribution < -0.4 is 0 Å². The summed E-state index contributed by atoms with van der Waals surface area (Å²) >= 11 is 0. The van der Waals surface area contributed by atoms with Crippen molar-refractivity contribution >= 4 is 5.97 Å². The van der Waals surface area contributed by atoms with E-state index in [1.807, 2.05) is 6.92 Å². The van der Waals surface area contributed by atoms with Crippen LogP contribution in [-0.2, 0) is 9.53 Å². The fraction of sp³-hybridized carbons (Fsp3) is 0.917. The highest BCUT2D eigenvalue weighted by Crippen LogP contribution is 2.19. The predicted octanol–water partition coefficient (Wildman–Crippen LogP) is 0.569. The van der Waals surface area contributed by atoms with Gasteiger partial charge in [-0.1, -0.05) is 6.92 Å². The number of aliphatic hydroxyl groups is 1. The summed E-state index contributed by atoms with van der Waals surface area (Å²) in [6.07, 6.45) is 2.04. The van der Waals surface area contributed by atoms with Gasteiger partial charge in [-0.2, -0.15) is 0 Å². The van der Waals surface area contributed by atoms with Crippen LogP contribution in [0.1, 0.15) is 26.7 Å². The highest BCUT2D eigenvalue weighted by atomic mass is 16.5. The molecule has 5 nitrogen and oxygen atoms in total. The number of hydrogen-bond acceptors (Lipinski definition) is 4. The molecule has 1 fully saturated rings. The molecule has 1 saturated heterocycles. The lowest BCUT2D eigenvalue weighted by Crippen LogP contribution is -2.46. The average Bonchev–Trinajstić information content (AvgIpc) is 2.35. The second-order valence-corrected chi connectivity index (χ2v) is 4.70. The smallest absolute Gasteiger partial charge is 0.307 e. The standard InChI is InChI=1S/C12H23NO4/c1-9(12(15)16)10(2)13-5-3-11(4-6-13)17-8-7-14/h9-11,14H,3-8H2,1-2H3,(H,15,16). The van der Waals surface area contributed by atoms with Gasteiger partial charge in [-0.3, -0.25) is 9.69 Å². The van der Waals surface area contributed by atoms with Crippen molar-refractivity contribution in [2.75, 3.05) is 26.3 Å². The maximum Gasteiger partial charge on any atom is 0.307 e. The molecule has 2 unspecified atom stereocenters. The normalized spacial score (nSPS) is 22.3. The molecule has 1 aliphatic heterocycles. The van der Waals surface area contributed by atoms with E-state index in [1.165, 1.54) is 0 Å². The number of aliphatic hydroxyl groups excluding tert-OH is 1. The lowest BCUT2D eigenvalue weighted by molar-refractivity contribution is -0.143. The molecular weight excluding hydrogens is 222 g/mol. The van der Waals surface area contributed by atoms with E-state index in [0.29, 0.717) is 6.61 Å². The van der Waals surface area contributed by atoms with Crippen LogP contribution in [0.3, 0.4) is 0 Å². The first-order valence-corrected chi connectivity index (χ1v) is 6.25. The molecular formula is C12H23NO4. The van der Waals surface area contributed by atoms with E-state index in [4.69, 9.17) is 14.9 Å². The van der Waals surface area contributed by atoms with Crippen molar-refractivity contribution in [2.24, 2.45) is 5.92 Å². The molecule has 0 aromatic rings. The molecule has 17 heavy (non-hydrogen) atoms. The van der Waals surface area contributed by atoms with E-state index in [0.717, 1.165) is 25.9 Å². The Hall–Kier alpha value is -0.650. The van der Waals surface area contributed by atoms with Crippen LogP contribution in [-0.4, -0.2) is 59.5 Å². The van der Waals surface area contributed by atoms with Gasteiger partial charge in [0, 0.05) is 19.1 Å². The Morgan fingerprint density at radius 3 is 2.47 bits per heavy atom. The van der Waals surface area contributed by atoms with Gasteiger partial charge in [0.1, 0.15) is 0 Å². The molecule has 2 atom stereocenters. The van der Waals surface area contributed by atoms with Crippen molar-refractivity contribution in [1.82, 2.24) is 4.90 Å². The number of carboxylic acid groups (broad SMARTS) is 1. The third-order valence-electron chi connectivity index (χ3n) is 3.61. The first-order chi connectivity index (χ1) is 8.06. The SMILES string of the molecule is CC(C(=O)O)C(C)N1CCC(OCCO)CC1. The first kappa shape index (κ1) is 14.4. The second-order valence-electron chi connectivity index (χ2n) is 4.70. The molecule has 0 aromatic carbocycles. The summed E-state index contributed by atoms with van der Waals surface area (Å²) < 4.78 is 5.48. The van der Waals surface area contributed by atoms with Crippen molar-refractivity contribution in [1.29, 1.82) is 0 Å². The highest BCUT2D eigenvalue weighted by molar-refractivity contribution is 5.70. The summed E-state index contributed by atoms with van der Waals surface area (Å²) in [7, 11) is 0. The van der Waals surface area contributed by atoms with Crippen molar-refractivity contribution in [3.8, 4) is 0 Å². The highest BCUT2D eigenvalue weighted by Gasteiger charge is 2.28. The summed E-state index contributed by atoms with van der Waals surface area (Å²) in [6.45, 7) is 5.91. The van der Waals surface area contributed by atoms with Crippen LogP contribution in [0.2, 0.25) is 0 Å². The summed E-state index contributed by atoms with van der Waals surface area (Å²) in [6, 6.07) is 0.0614. The summed E-state index contributed by atoms with van der Waals surface area (Å²) in [5.74, 6) is -1.08. The molecule has 0 amide bonds. The van der Waals surface area contributed by atoms with E-state index in [-0.39, 0.29) is 24.7 Å². The van der Waals surface area contributed by atoms with Crippen LogP contribution in [0.5, 0.6) is 0 Å². The van der Waals surface area contributed by atoms with Gasteiger partial charge in [0.05, 0.1) is 25.2 Å². The average molecular weight is 245 g/mol. The largest absolute Gasteiger partial charge is 0.481 e. The zero-order chi connectivity index (χ0) is 12.8. The number of ether oxygens (including phenoxy) is 1. The van der Waals surface area contributed by atoms with Crippen molar-refractivity contribution in [3.63, 3.8) is 0 Å². The number of rotatable bonds is 6. The molecule has 1 heterocycles. The summed E-state index contributed by atoms with van der Waals surface area (Å²) in [4.78, 5) is 13.1. The fourth-order valence-corrected chi connectivity index (χ4v) is 2.19. The Labute approximate surface area is 102 Å². The van der Waals surface area contributed by atoms with Crippen molar-refractivity contribution in [3.05, 3.63) is 0 Å². The number of hydrogen-bond donors (Lipinski definition) is 2. The molecule has 0 radical (unpaired) electrons. The molecule has 0 aromatic heterocycles. The van der Waals surface area contributed by atoms with Crippen LogP contribution in [0, 0.1) is 5.92 Å². The number of carbonyl (C=O) groups is 1. The Morgan fingerprint density at radius 1 is 1.41 bits per heavy atom. The topological polar surface area (TPSA) is 70.0 Å². The van der Waals surface area contributed by atoms with E-state index >= 15 is 0 Å². The Balaban J connectivity index is 2.33. The Bertz CT molecular complexity index is 239. The van der Waals surface area contributed by atoms with E-state index in [9.17, 15) is 4.79 Å². The molecule has 2 N–H and O–H groups in total. The number of nitrogens with zero attached hydrogens (tertiary/aromatic N) is 1. The quantitative estimate of drug-likeness (QED) is 0.716. The molecule has 100 valence electrons. The van der Waals surface area contributed by atoms with Crippen LogP contribution in [0.15, 0.2) is 0 Å². The number of likely N-dealkylation sites (tertiary alicyclic amines) is 1. The van der Waals surface area contributed by atoms with Crippen LogP contribution >= 0.6 is 0 Å². The molecule has 0 saturated carbocycles. The molecule has 1 aliphatic rings. The lowest BCUT2D eigenvalue weighted by atomic mass is 9.98. The Kier molecular flexibility index (Phi) is 5.88. The minimum atomic E-state index is -0.740. The van der Waals surface area contributed by atoms with Crippen LogP contribution in [0.4, 0.5) is 0 Å². The Morgan fingerprint density at radius 2 is 2.00 bits per heavy atom. The summed E-state index contributed by atoms with van der Waals surface area (Å²) in [5, 5.41) is 17.6. The summed E-state index contributed by atoms with van der Waals surface area (Å²) in [5.41, 5.74) is 0. The molecule has 1 rings (SSSR count). The zero-order valence-corrected chi connectivity index (χ0v) is 10.6. The first-order valence-electron chi connectivity index (χ1n) is 6.25. The van der Waals surface area contributed by atoms with Gasteiger partial charge in [-0.15, -0.1) is 0 Å². The second kappa shape index (κ2) is 6.93. The van der Waals surface area contributed by atoms with Gasteiger partial charge in [-0.25, -0.2) is 0 Å². The molecule has 5 heteroatoms. The predicted molar refractivity (Wildman–Crippen MR) is 63.9 cm³/mol. The van der Waals surface area contributed by atoms with Gasteiger partial charge < -0.3 is 14.9 Å². The van der Waals surface area contributed by atoms with Gasteiger partial charge in [0.25, 0.3) is 0 Å². The van der Waals surface area contributed by atoms with Gasteiger partial charge in [0.2, 0.25) is 0 Å². The maximum absolute atomic E-state index is 10.9. The maximum atomic E-state index is 10.9. The number of piperidine rings is 1. The van der Waals surface area contributed by atoms with Gasteiger partial charge in [0.15, 0.2) is 0 Å². The molecule has 0 aliphatic carbocycles. The van der Waals surface area contributed by atoms with E-state index < -0.39 is 5.97 Å². The van der Waals surface area contributed by atoms with Crippen molar-refractivity contribution < 1.29 is 19.7 Å².